The molecule has 4 heteroatoms. The van der Waals surface area contributed by atoms with Gasteiger partial charge in [-0.3, -0.25) is 4.79 Å². The first-order valence-corrected chi connectivity index (χ1v) is 4.76. The Morgan fingerprint density at radius 2 is 2.08 bits per heavy atom. The number of carbonyl (C=O) groups excluding carboxylic acids is 1. The Balaban J connectivity index is 0.000000671. The molecule has 1 aliphatic heterocycles. The average molecular weight is 190 g/mol. The molecular weight excluding hydrogens is 171 g/mol. The molecule has 0 spiro atoms. The number of rotatable bonds is 1. The molecule has 0 aromatic carbocycles. The molecule has 1 fully saturated rings. The van der Waals surface area contributed by atoms with E-state index in [1.165, 1.54) is 7.05 Å². The number of piperidine rings is 1. The first kappa shape index (κ1) is 12.4. The van der Waals surface area contributed by atoms with E-state index in [1.54, 1.807) is 0 Å². The van der Waals surface area contributed by atoms with Gasteiger partial charge < -0.3 is 5.32 Å². The van der Waals surface area contributed by atoms with Gasteiger partial charge in [0.25, 0.3) is 0 Å². The number of hydrogen-bond acceptors (Lipinski definition) is 2. The molecule has 1 N–H and O–H groups in total. The van der Waals surface area contributed by atoms with Gasteiger partial charge in [-0.15, -0.1) is 9.60 Å². The summed E-state index contributed by atoms with van der Waals surface area (Å²) >= 11 is 0. The molecule has 1 aliphatic rings. The first-order valence-electron chi connectivity index (χ1n) is 4.76. The van der Waals surface area contributed by atoms with E-state index < -0.39 is 0 Å². The lowest BCUT2D eigenvalue weighted by Gasteiger charge is -2.30. The van der Waals surface area contributed by atoms with Crippen molar-refractivity contribution in [1.82, 2.24) is 10.4 Å². The molecule has 0 aliphatic carbocycles. The number of halogens is 1. The van der Waals surface area contributed by atoms with E-state index >= 15 is 0 Å². The summed E-state index contributed by atoms with van der Waals surface area (Å²) in [6, 6.07) is -0.160. The maximum Gasteiger partial charge on any atom is 0.220 e. The SMILES string of the molecule is CC.CC1CC(=O)NCC1N(C)F. The summed E-state index contributed by atoms with van der Waals surface area (Å²) in [6.45, 7) is 6.31. The first-order chi connectivity index (χ1) is 6.11. The van der Waals surface area contributed by atoms with Crippen LogP contribution in [0.25, 0.3) is 0 Å². The third-order valence-electron chi connectivity index (χ3n) is 2.13. The molecule has 2 atom stereocenters. The minimum atomic E-state index is -0.160. The molecule has 1 saturated heterocycles. The van der Waals surface area contributed by atoms with E-state index in [-0.39, 0.29) is 17.9 Å². The van der Waals surface area contributed by atoms with Gasteiger partial charge in [0, 0.05) is 20.0 Å². The minimum absolute atomic E-state index is 0.0237. The highest BCUT2D eigenvalue weighted by molar-refractivity contribution is 5.77. The Kier molecular flexibility index (Phi) is 5.62. The van der Waals surface area contributed by atoms with Crippen molar-refractivity contribution < 1.29 is 9.28 Å². The van der Waals surface area contributed by atoms with Gasteiger partial charge in [0.1, 0.15) is 0 Å². The van der Waals surface area contributed by atoms with E-state index in [1.807, 2.05) is 20.8 Å². The Morgan fingerprint density at radius 1 is 1.54 bits per heavy atom. The van der Waals surface area contributed by atoms with E-state index in [9.17, 15) is 9.28 Å². The molecule has 3 nitrogen and oxygen atoms in total. The lowest BCUT2D eigenvalue weighted by atomic mass is 9.94. The average Bonchev–Trinajstić information content (AvgIpc) is 2.07. The normalized spacial score (nSPS) is 27.7. The summed E-state index contributed by atoms with van der Waals surface area (Å²) in [5.74, 6) is 0.134. The van der Waals surface area contributed by atoms with Crippen molar-refractivity contribution in [2.75, 3.05) is 13.6 Å². The summed E-state index contributed by atoms with van der Waals surface area (Å²) < 4.78 is 12.6. The summed E-state index contributed by atoms with van der Waals surface area (Å²) in [4.78, 5) is 10.8. The van der Waals surface area contributed by atoms with Crippen LogP contribution in [0.2, 0.25) is 0 Å². The van der Waals surface area contributed by atoms with Crippen molar-refractivity contribution in [3.8, 4) is 0 Å². The summed E-state index contributed by atoms with van der Waals surface area (Å²) in [7, 11) is 1.39. The van der Waals surface area contributed by atoms with Gasteiger partial charge >= 0.3 is 0 Å². The minimum Gasteiger partial charge on any atom is -0.354 e. The lowest BCUT2D eigenvalue weighted by Crippen LogP contribution is -2.48. The fourth-order valence-electron chi connectivity index (χ4n) is 1.40. The van der Waals surface area contributed by atoms with Gasteiger partial charge in [-0.2, -0.15) is 0 Å². The van der Waals surface area contributed by atoms with Gasteiger partial charge in [-0.05, 0) is 5.92 Å². The van der Waals surface area contributed by atoms with Gasteiger partial charge in [-0.25, -0.2) is 0 Å². The Hall–Kier alpha value is -0.640. The van der Waals surface area contributed by atoms with Crippen molar-refractivity contribution in [3.05, 3.63) is 0 Å². The fraction of sp³-hybridized carbons (Fsp3) is 0.889. The standard InChI is InChI=1S/C7H13FN2O.C2H6/c1-5-3-7(11)9-4-6(5)10(2)8;1-2/h5-6H,3-4H2,1-2H3,(H,9,11);1-2H3. The second kappa shape index (κ2) is 5.91. The molecular formula is C9H19FN2O. The number of likely N-dealkylation sites (N-methyl/N-ethyl adjacent to an activating group) is 1. The third-order valence-corrected chi connectivity index (χ3v) is 2.13. The predicted molar refractivity (Wildman–Crippen MR) is 50.8 cm³/mol. The number of nitrogens with one attached hydrogen (secondary N) is 1. The number of nitrogens with zero attached hydrogens (tertiary/aromatic N) is 1. The van der Waals surface area contributed by atoms with E-state index in [4.69, 9.17) is 0 Å². The monoisotopic (exact) mass is 190 g/mol. The summed E-state index contributed by atoms with van der Waals surface area (Å²) in [5.41, 5.74) is 0. The lowest BCUT2D eigenvalue weighted by molar-refractivity contribution is -0.127. The van der Waals surface area contributed by atoms with Gasteiger partial charge in [0.2, 0.25) is 5.91 Å². The Bertz CT molecular complexity index is 162. The zero-order chi connectivity index (χ0) is 10.4. The predicted octanol–water partition coefficient (Wildman–Crippen LogP) is 1.35. The van der Waals surface area contributed by atoms with Crippen LogP contribution < -0.4 is 5.32 Å². The molecule has 1 amide bonds. The van der Waals surface area contributed by atoms with Crippen LogP contribution in [0.4, 0.5) is 4.48 Å². The molecule has 1 heterocycles. The zero-order valence-electron chi connectivity index (χ0n) is 8.80. The van der Waals surface area contributed by atoms with Crippen LogP contribution in [0.5, 0.6) is 0 Å². The van der Waals surface area contributed by atoms with E-state index in [0.717, 1.165) is 0 Å². The molecule has 78 valence electrons. The summed E-state index contributed by atoms with van der Waals surface area (Å²) in [6.07, 6.45) is 0.429. The van der Waals surface area contributed by atoms with Crippen molar-refractivity contribution in [1.29, 1.82) is 0 Å². The zero-order valence-corrected chi connectivity index (χ0v) is 8.80. The quantitative estimate of drug-likeness (QED) is 0.633. The van der Waals surface area contributed by atoms with Crippen LogP contribution in [-0.4, -0.2) is 30.7 Å². The van der Waals surface area contributed by atoms with Crippen LogP contribution in [-0.2, 0) is 4.79 Å². The third kappa shape index (κ3) is 3.72. The van der Waals surface area contributed by atoms with Gasteiger partial charge in [0.05, 0.1) is 6.04 Å². The molecule has 0 aromatic rings. The number of carbonyl (C=O) groups is 1. The molecule has 13 heavy (non-hydrogen) atoms. The van der Waals surface area contributed by atoms with E-state index in [0.29, 0.717) is 18.1 Å². The maximum absolute atomic E-state index is 12.6. The highest BCUT2D eigenvalue weighted by Crippen LogP contribution is 2.16. The Morgan fingerprint density at radius 3 is 2.46 bits per heavy atom. The molecule has 0 radical (unpaired) electrons. The topological polar surface area (TPSA) is 32.3 Å². The second-order valence-corrected chi connectivity index (χ2v) is 3.08. The molecule has 0 aromatic heterocycles. The van der Waals surface area contributed by atoms with Crippen LogP contribution in [0.1, 0.15) is 27.2 Å². The molecule has 0 bridgehead atoms. The molecule has 0 saturated carbocycles. The highest BCUT2D eigenvalue weighted by atomic mass is 19.2. The fourth-order valence-corrected chi connectivity index (χ4v) is 1.40. The summed E-state index contributed by atoms with van der Waals surface area (Å²) in [5, 5.41) is 3.29. The molecule has 1 rings (SSSR count). The van der Waals surface area contributed by atoms with Crippen LogP contribution in [0, 0.1) is 5.92 Å². The van der Waals surface area contributed by atoms with Crippen LogP contribution >= 0.6 is 0 Å². The van der Waals surface area contributed by atoms with Gasteiger partial charge in [0.15, 0.2) is 0 Å². The maximum atomic E-state index is 12.6. The molecule has 2 unspecified atom stereocenters. The van der Waals surface area contributed by atoms with Crippen molar-refractivity contribution in [2.24, 2.45) is 5.92 Å². The van der Waals surface area contributed by atoms with Gasteiger partial charge in [-0.1, -0.05) is 20.8 Å². The highest BCUT2D eigenvalue weighted by Gasteiger charge is 2.28. The second-order valence-electron chi connectivity index (χ2n) is 3.08. The van der Waals surface area contributed by atoms with Crippen molar-refractivity contribution in [2.45, 2.75) is 33.2 Å². The van der Waals surface area contributed by atoms with Crippen LogP contribution in [0.15, 0.2) is 0 Å². The van der Waals surface area contributed by atoms with Crippen molar-refractivity contribution in [3.63, 3.8) is 0 Å². The largest absolute Gasteiger partial charge is 0.354 e. The van der Waals surface area contributed by atoms with Crippen LogP contribution in [0.3, 0.4) is 0 Å². The van der Waals surface area contributed by atoms with Crippen molar-refractivity contribution >= 4 is 5.91 Å². The van der Waals surface area contributed by atoms with E-state index in [2.05, 4.69) is 5.32 Å². The number of hydrogen-bond donors (Lipinski definition) is 1. The number of amides is 1. The smallest absolute Gasteiger partial charge is 0.220 e. The Labute approximate surface area is 79.2 Å².